The first-order valence-electron chi connectivity index (χ1n) is 4.50. The van der Waals surface area contributed by atoms with Gasteiger partial charge in [-0.15, -0.1) is 24.8 Å². The average Bonchev–Trinajstić information content (AvgIpc) is 2.53. The fraction of sp³-hybridized carbons (Fsp3) is 0.857. The lowest BCUT2D eigenvalue weighted by Gasteiger charge is -2.29. The minimum Gasteiger partial charge on any atom is -0.340 e. The molecule has 1 aromatic heterocycles. The highest BCUT2D eigenvalue weighted by molar-refractivity contribution is 5.85. The van der Waals surface area contributed by atoms with E-state index in [1.807, 2.05) is 7.05 Å². The summed E-state index contributed by atoms with van der Waals surface area (Å²) in [6.45, 7) is 1.91. The van der Waals surface area contributed by atoms with Crippen LogP contribution in [0.25, 0.3) is 0 Å². The highest BCUT2D eigenvalue weighted by atomic mass is 35.5. The van der Waals surface area contributed by atoms with Gasteiger partial charge in [0.15, 0.2) is 0 Å². The average molecular weight is 255 g/mol. The van der Waals surface area contributed by atoms with Gasteiger partial charge >= 0.3 is 0 Å². The van der Waals surface area contributed by atoms with E-state index in [0.717, 1.165) is 31.9 Å². The summed E-state index contributed by atoms with van der Waals surface area (Å²) in [7, 11) is 1.85. The zero-order valence-corrected chi connectivity index (χ0v) is 10.2. The Morgan fingerprint density at radius 2 is 1.87 bits per heavy atom. The van der Waals surface area contributed by atoms with Crippen molar-refractivity contribution in [3.05, 3.63) is 0 Å². The van der Waals surface area contributed by atoms with Gasteiger partial charge in [0.1, 0.15) is 0 Å². The summed E-state index contributed by atoms with van der Waals surface area (Å²) in [6, 6.07) is 0.345. The highest BCUT2D eigenvalue weighted by Crippen LogP contribution is 2.14. The lowest BCUT2D eigenvalue weighted by Crippen LogP contribution is -2.40. The lowest BCUT2D eigenvalue weighted by molar-refractivity contribution is 0.490. The monoisotopic (exact) mass is 254 g/mol. The fourth-order valence-corrected chi connectivity index (χ4v) is 1.59. The van der Waals surface area contributed by atoms with E-state index in [-0.39, 0.29) is 24.8 Å². The Morgan fingerprint density at radius 1 is 1.27 bits per heavy atom. The topological polar surface area (TPSA) is 72.9 Å². The van der Waals surface area contributed by atoms with Gasteiger partial charge in [-0.2, -0.15) is 0 Å². The normalized spacial score (nSPS) is 16.8. The van der Waals surface area contributed by atoms with Gasteiger partial charge in [0.2, 0.25) is 5.95 Å². The Bertz CT molecular complexity index is 283. The van der Waals surface area contributed by atoms with Gasteiger partial charge in [-0.1, -0.05) is 5.10 Å². The molecule has 0 radical (unpaired) electrons. The Labute approximate surface area is 101 Å². The molecule has 8 heteroatoms. The van der Waals surface area contributed by atoms with E-state index < -0.39 is 0 Å². The quantitative estimate of drug-likeness (QED) is 0.763. The number of anilines is 1. The van der Waals surface area contributed by atoms with Crippen molar-refractivity contribution in [1.29, 1.82) is 0 Å². The van der Waals surface area contributed by atoms with Gasteiger partial charge in [-0.3, -0.25) is 0 Å². The van der Waals surface area contributed by atoms with Crippen LogP contribution in [0.2, 0.25) is 0 Å². The first-order valence-corrected chi connectivity index (χ1v) is 4.50. The van der Waals surface area contributed by atoms with Crippen LogP contribution in [0.15, 0.2) is 0 Å². The smallest absolute Gasteiger partial charge is 0.245 e. The number of halogens is 2. The maximum atomic E-state index is 5.80. The molecular weight excluding hydrogens is 239 g/mol. The van der Waals surface area contributed by atoms with Crippen molar-refractivity contribution in [3.63, 3.8) is 0 Å². The number of hydrogen-bond acceptors (Lipinski definition) is 5. The molecule has 1 saturated heterocycles. The molecule has 1 aromatic rings. The molecule has 1 fully saturated rings. The number of nitrogens with two attached hydrogens (primary N) is 1. The number of hydrogen-bond donors (Lipinski definition) is 1. The Kier molecular flexibility index (Phi) is 5.85. The molecule has 2 N–H and O–H groups in total. The molecule has 1 aliphatic rings. The molecule has 0 saturated carbocycles. The van der Waals surface area contributed by atoms with Crippen molar-refractivity contribution in [3.8, 4) is 0 Å². The van der Waals surface area contributed by atoms with Crippen LogP contribution < -0.4 is 10.6 Å². The van der Waals surface area contributed by atoms with Crippen molar-refractivity contribution in [2.75, 3.05) is 18.0 Å². The van der Waals surface area contributed by atoms with Crippen LogP contribution in [0.4, 0.5) is 5.95 Å². The molecular formula is C7H16Cl2N6. The molecule has 2 heterocycles. The first kappa shape index (κ1) is 14.4. The molecule has 1 aliphatic heterocycles. The van der Waals surface area contributed by atoms with Crippen LogP contribution in [0.5, 0.6) is 0 Å². The largest absolute Gasteiger partial charge is 0.340 e. The van der Waals surface area contributed by atoms with E-state index in [2.05, 4.69) is 20.4 Å². The molecule has 0 amide bonds. The SMILES string of the molecule is Cl.Cl.Cn1nnnc1N1CCC(N)CC1. The standard InChI is InChI=1S/C7H14N6.2ClH/c1-12-7(9-10-11-12)13-4-2-6(8)3-5-13;;/h6H,2-5,8H2,1H3;2*1H. The van der Waals surface area contributed by atoms with Crippen LogP contribution in [-0.4, -0.2) is 39.3 Å². The first-order chi connectivity index (χ1) is 6.27. The van der Waals surface area contributed by atoms with Crippen molar-refractivity contribution < 1.29 is 0 Å². The van der Waals surface area contributed by atoms with Crippen molar-refractivity contribution in [1.82, 2.24) is 20.2 Å². The number of tetrazole rings is 1. The number of rotatable bonds is 1. The van der Waals surface area contributed by atoms with E-state index in [4.69, 9.17) is 5.73 Å². The van der Waals surface area contributed by atoms with Gasteiger partial charge in [0.25, 0.3) is 0 Å². The van der Waals surface area contributed by atoms with Crippen LogP contribution in [0.1, 0.15) is 12.8 Å². The lowest BCUT2D eigenvalue weighted by atomic mass is 10.1. The number of nitrogens with zero attached hydrogens (tertiary/aromatic N) is 5. The minimum absolute atomic E-state index is 0. The number of aromatic nitrogens is 4. The Morgan fingerprint density at radius 3 is 2.33 bits per heavy atom. The van der Waals surface area contributed by atoms with Crippen LogP contribution in [0, 0.1) is 0 Å². The number of aryl methyl sites for hydroxylation is 1. The molecule has 0 atom stereocenters. The van der Waals surface area contributed by atoms with Crippen LogP contribution >= 0.6 is 24.8 Å². The van der Waals surface area contributed by atoms with Crippen LogP contribution in [0.3, 0.4) is 0 Å². The zero-order valence-electron chi connectivity index (χ0n) is 8.54. The molecule has 0 aromatic carbocycles. The third-order valence-corrected chi connectivity index (χ3v) is 2.42. The predicted octanol–water partition coefficient (Wildman–Crippen LogP) is -0.0188. The van der Waals surface area contributed by atoms with Gasteiger partial charge in [0.05, 0.1) is 0 Å². The molecule has 0 bridgehead atoms. The summed E-state index contributed by atoms with van der Waals surface area (Å²) in [6.07, 6.45) is 2.04. The molecule has 6 nitrogen and oxygen atoms in total. The molecule has 15 heavy (non-hydrogen) atoms. The van der Waals surface area contributed by atoms with Crippen molar-refractivity contribution in [2.24, 2.45) is 12.8 Å². The van der Waals surface area contributed by atoms with Crippen molar-refractivity contribution >= 4 is 30.8 Å². The van der Waals surface area contributed by atoms with Gasteiger partial charge in [-0.25, -0.2) is 4.68 Å². The summed E-state index contributed by atoms with van der Waals surface area (Å²) in [5.74, 6) is 0.840. The third-order valence-electron chi connectivity index (χ3n) is 2.42. The Balaban J connectivity index is 0.000000980. The summed E-state index contributed by atoms with van der Waals surface area (Å²) in [5.41, 5.74) is 5.80. The molecule has 0 aliphatic carbocycles. The highest BCUT2D eigenvalue weighted by Gasteiger charge is 2.19. The predicted molar refractivity (Wildman–Crippen MR) is 62.7 cm³/mol. The van der Waals surface area contributed by atoms with E-state index in [1.54, 1.807) is 4.68 Å². The molecule has 2 rings (SSSR count). The number of piperidine rings is 1. The van der Waals surface area contributed by atoms with Gasteiger partial charge in [-0.05, 0) is 23.3 Å². The molecule has 0 unspecified atom stereocenters. The summed E-state index contributed by atoms with van der Waals surface area (Å²) < 4.78 is 1.69. The summed E-state index contributed by atoms with van der Waals surface area (Å²) >= 11 is 0. The maximum Gasteiger partial charge on any atom is 0.245 e. The van der Waals surface area contributed by atoms with E-state index in [9.17, 15) is 0 Å². The summed E-state index contributed by atoms with van der Waals surface area (Å²) in [5, 5.41) is 11.4. The second-order valence-corrected chi connectivity index (χ2v) is 3.43. The van der Waals surface area contributed by atoms with Gasteiger partial charge in [0, 0.05) is 26.2 Å². The van der Waals surface area contributed by atoms with E-state index >= 15 is 0 Å². The summed E-state index contributed by atoms with van der Waals surface area (Å²) in [4.78, 5) is 2.17. The third kappa shape index (κ3) is 3.19. The Hall–Kier alpha value is -0.590. The second kappa shape index (κ2) is 6.09. The molecule has 88 valence electrons. The fourth-order valence-electron chi connectivity index (χ4n) is 1.59. The van der Waals surface area contributed by atoms with E-state index in [0.29, 0.717) is 6.04 Å². The van der Waals surface area contributed by atoms with Crippen molar-refractivity contribution in [2.45, 2.75) is 18.9 Å². The zero-order chi connectivity index (χ0) is 9.26. The van der Waals surface area contributed by atoms with Crippen LogP contribution in [-0.2, 0) is 7.05 Å². The second-order valence-electron chi connectivity index (χ2n) is 3.43. The maximum absolute atomic E-state index is 5.80. The molecule has 0 spiro atoms. The minimum atomic E-state index is 0. The van der Waals surface area contributed by atoms with Gasteiger partial charge < -0.3 is 10.6 Å². The van der Waals surface area contributed by atoms with E-state index in [1.165, 1.54) is 0 Å².